The molecule has 3 heterocycles. The van der Waals surface area contributed by atoms with E-state index in [0.29, 0.717) is 11.3 Å². The molecule has 9 heteroatoms. The number of aromatic nitrogens is 1. The van der Waals surface area contributed by atoms with E-state index in [9.17, 15) is 14.4 Å². The van der Waals surface area contributed by atoms with Crippen molar-refractivity contribution in [2.45, 2.75) is 30.9 Å². The highest BCUT2D eigenvalue weighted by molar-refractivity contribution is 8.00. The van der Waals surface area contributed by atoms with Crippen LogP contribution in [-0.2, 0) is 25.5 Å². The van der Waals surface area contributed by atoms with Gasteiger partial charge in [0, 0.05) is 10.6 Å². The van der Waals surface area contributed by atoms with Gasteiger partial charge in [0.25, 0.3) is 5.91 Å². The van der Waals surface area contributed by atoms with Gasteiger partial charge in [-0.25, -0.2) is 9.78 Å². The average molecular weight is 608 g/mol. The van der Waals surface area contributed by atoms with Crippen LogP contribution in [-0.4, -0.2) is 44.8 Å². The molecule has 1 fully saturated rings. The highest BCUT2D eigenvalue weighted by atomic mass is 32.2. The van der Waals surface area contributed by atoms with E-state index in [-0.39, 0.29) is 23.9 Å². The fourth-order valence-electron chi connectivity index (χ4n) is 5.16. The van der Waals surface area contributed by atoms with Gasteiger partial charge in [-0.1, -0.05) is 97.1 Å². The SMILES string of the molecule is Cc1ncsc1C=CC1=C(C(=O)OC(c2ccccc2)c2ccccc2)N2C(=O)C(NC(=O)Cc3ccccc3)[C@@H]2SC1. The predicted molar refractivity (Wildman–Crippen MR) is 169 cm³/mol. The van der Waals surface area contributed by atoms with Crippen molar-refractivity contribution in [2.75, 3.05) is 5.75 Å². The molecule has 3 aromatic carbocycles. The number of allylic oxidation sites excluding steroid dienone is 1. The maximum absolute atomic E-state index is 14.1. The minimum Gasteiger partial charge on any atom is -0.448 e. The van der Waals surface area contributed by atoms with Crippen LogP contribution in [0.15, 0.2) is 114 Å². The van der Waals surface area contributed by atoms with Gasteiger partial charge in [-0.05, 0) is 35.3 Å². The molecule has 0 radical (unpaired) electrons. The number of aryl methyl sites for hydroxylation is 1. The monoisotopic (exact) mass is 607 g/mol. The second-order valence-electron chi connectivity index (χ2n) is 10.2. The molecule has 2 amide bonds. The summed E-state index contributed by atoms with van der Waals surface area (Å²) in [5.74, 6) is -0.690. The third-order valence-electron chi connectivity index (χ3n) is 7.36. The van der Waals surface area contributed by atoms with E-state index in [2.05, 4.69) is 10.3 Å². The quantitative estimate of drug-likeness (QED) is 0.194. The van der Waals surface area contributed by atoms with Crippen molar-refractivity contribution in [3.8, 4) is 0 Å². The molecule has 1 aromatic heterocycles. The van der Waals surface area contributed by atoms with Crippen LogP contribution in [0.5, 0.6) is 0 Å². The lowest BCUT2D eigenvalue weighted by atomic mass is 10.00. The van der Waals surface area contributed by atoms with E-state index in [0.717, 1.165) is 27.3 Å². The lowest BCUT2D eigenvalue weighted by Crippen LogP contribution is -2.70. The number of nitrogens with zero attached hydrogens (tertiary/aromatic N) is 2. The predicted octanol–water partition coefficient (Wildman–Crippen LogP) is 5.69. The van der Waals surface area contributed by atoms with E-state index in [1.165, 1.54) is 28.0 Å². The van der Waals surface area contributed by atoms with Crippen LogP contribution in [0.1, 0.15) is 33.4 Å². The zero-order valence-corrected chi connectivity index (χ0v) is 25.0. The van der Waals surface area contributed by atoms with Crippen LogP contribution in [0.25, 0.3) is 6.08 Å². The van der Waals surface area contributed by atoms with Crippen LogP contribution in [0.4, 0.5) is 0 Å². The van der Waals surface area contributed by atoms with Crippen molar-refractivity contribution < 1.29 is 19.1 Å². The Hall–Kier alpha value is -4.47. The highest BCUT2D eigenvalue weighted by Gasteiger charge is 2.54. The summed E-state index contributed by atoms with van der Waals surface area (Å²) in [5.41, 5.74) is 6.06. The molecule has 1 N–H and O–H groups in total. The van der Waals surface area contributed by atoms with Crippen molar-refractivity contribution >= 4 is 47.0 Å². The molecule has 1 saturated heterocycles. The normalized spacial score (nSPS) is 18.0. The largest absolute Gasteiger partial charge is 0.448 e. The number of nitrogens with one attached hydrogen (secondary N) is 1. The zero-order valence-electron chi connectivity index (χ0n) is 23.4. The van der Waals surface area contributed by atoms with Crippen LogP contribution in [0.3, 0.4) is 0 Å². The first-order valence-electron chi connectivity index (χ1n) is 13.9. The van der Waals surface area contributed by atoms with Crippen LogP contribution in [0.2, 0.25) is 0 Å². The van der Waals surface area contributed by atoms with Crippen molar-refractivity contribution in [2.24, 2.45) is 0 Å². The van der Waals surface area contributed by atoms with Gasteiger partial charge in [0.1, 0.15) is 17.1 Å². The number of hydrogen-bond acceptors (Lipinski definition) is 7. The summed E-state index contributed by atoms with van der Waals surface area (Å²) in [4.78, 5) is 47.3. The van der Waals surface area contributed by atoms with E-state index >= 15 is 0 Å². The number of esters is 1. The summed E-state index contributed by atoms with van der Waals surface area (Å²) in [6.45, 7) is 1.93. The summed E-state index contributed by atoms with van der Waals surface area (Å²) in [7, 11) is 0. The van der Waals surface area contributed by atoms with Crippen LogP contribution < -0.4 is 5.32 Å². The summed E-state index contributed by atoms with van der Waals surface area (Å²) in [6, 6.07) is 27.8. The molecule has 2 aliphatic heterocycles. The van der Waals surface area contributed by atoms with E-state index in [1.807, 2.05) is 110 Å². The fraction of sp³-hybridized carbons (Fsp3) is 0.176. The van der Waals surface area contributed by atoms with Crippen molar-refractivity contribution in [3.05, 3.63) is 141 Å². The lowest BCUT2D eigenvalue weighted by molar-refractivity contribution is -0.154. The zero-order chi connectivity index (χ0) is 29.8. The van der Waals surface area contributed by atoms with Gasteiger partial charge in [-0.15, -0.1) is 23.1 Å². The number of benzene rings is 3. The second kappa shape index (κ2) is 12.8. The molecule has 0 saturated carbocycles. The Labute approximate surface area is 258 Å². The van der Waals surface area contributed by atoms with Crippen molar-refractivity contribution in [3.63, 3.8) is 0 Å². The summed E-state index contributed by atoms with van der Waals surface area (Å²) in [6.07, 6.45) is 3.30. The molecule has 2 atom stereocenters. The molecular formula is C34H29N3O4S2. The third kappa shape index (κ3) is 6.18. The number of thiazole rings is 1. The van der Waals surface area contributed by atoms with E-state index < -0.39 is 23.5 Å². The number of rotatable bonds is 9. The summed E-state index contributed by atoms with van der Waals surface area (Å²) < 4.78 is 6.22. The number of carbonyl (C=O) groups excluding carboxylic acids is 3. The molecular weight excluding hydrogens is 579 g/mol. The van der Waals surface area contributed by atoms with Crippen LogP contribution in [0, 0.1) is 6.92 Å². The standard InChI is InChI=1S/C34H29N3O4S2/c1-22-27(43-21-35-22)18-17-26-20-42-33-29(36-28(38)19-23-11-5-2-6-12-23)32(39)37(33)30(26)34(40)41-31(24-13-7-3-8-14-24)25-15-9-4-10-16-25/h2-18,21,29,31,33H,19-20H2,1H3,(H,36,38)/t29?,33-/m0/s1. The Morgan fingerprint density at radius 3 is 2.21 bits per heavy atom. The molecule has 0 aliphatic carbocycles. The van der Waals surface area contributed by atoms with Gasteiger partial charge in [-0.3, -0.25) is 14.5 Å². The van der Waals surface area contributed by atoms with Crippen molar-refractivity contribution in [1.29, 1.82) is 0 Å². The highest BCUT2D eigenvalue weighted by Crippen LogP contribution is 2.42. The Morgan fingerprint density at radius 2 is 1.60 bits per heavy atom. The summed E-state index contributed by atoms with van der Waals surface area (Å²) in [5, 5.41) is 2.48. The first-order valence-corrected chi connectivity index (χ1v) is 15.8. The minimum absolute atomic E-state index is 0.171. The molecule has 2 aliphatic rings. The molecule has 7 nitrogen and oxygen atoms in total. The Balaban J connectivity index is 1.29. The number of thioether (sulfide) groups is 1. The van der Waals surface area contributed by atoms with Gasteiger partial charge < -0.3 is 10.1 Å². The number of β-lactam (4-membered cyclic amide) rings is 1. The van der Waals surface area contributed by atoms with E-state index in [4.69, 9.17) is 4.74 Å². The lowest BCUT2D eigenvalue weighted by Gasteiger charge is -2.49. The molecule has 6 rings (SSSR count). The molecule has 4 aromatic rings. The molecule has 216 valence electrons. The Morgan fingerprint density at radius 1 is 0.977 bits per heavy atom. The molecule has 0 bridgehead atoms. The fourth-order valence-corrected chi connectivity index (χ4v) is 7.17. The maximum atomic E-state index is 14.1. The minimum atomic E-state index is -0.725. The van der Waals surface area contributed by atoms with Gasteiger partial charge >= 0.3 is 5.97 Å². The van der Waals surface area contributed by atoms with Crippen molar-refractivity contribution in [1.82, 2.24) is 15.2 Å². The number of carbonyl (C=O) groups is 3. The maximum Gasteiger partial charge on any atom is 0.356 e. The number of fused-ring (bicyclic) bond motifs is 1. The average Bonchev–Trinajstić information content (AvgIpc) is 3.46. The number of amides is 2. The number of ether oxygens (including phenoxy) is 1. The third-order valence-corrected chi connectivity index (χ3v) is 9.56. The molecule has 0 spiro atoms. The summed E-state index contributed by atoms with van der Waals surface area (Å²) >= 11 is 3.02. The van der Waals surface area contributed by atoms with Gasteiger partial charge in [0.05, 0.1) is 17.6 Å². The topological polar surface area (TPSA) is 88.6 Å². The van der Waals surface area contributed by atoms with Gasteiger partial charge in [0.2, 0.25) is 5.91 Å². The molecule has 43 heavy (non-hydrogen) atoms. The first kappa shape index (κ1) is 28.6. The Bertz CT molecular complexity index is 1650. The van der Waals surface area contributed by atoms with Gasteiger partial charge in [0.15, 0.2) is 6.10 Å². The first-order chi connectivity index (χ1) is 21.0. The number of hydrogen-bond donors (Lipinski definition) is 1. The van der Waals surface area contributed by atoms with Crippen LogP contribution >= 0.6 is 23.1 Å². The van der Waals surface area contributed by atoms with Gasteiger partial charge in [-0.2, -0.15) is 0 Å². The second-order valence-corrected chi connectivity index (χ2v) is 12.2. The van der Waals surface area contributed by atoms with E-state index in [1.54, 1.807) is 5.51 Å². The molecule has 1 unspecified atom stereocenters. The Kier molecular flexibility index (Phi) is 8.53. The smallest absolute Gasteiger partial charge is 0.356 e.